The van der Waals surface area contributed by atoms with Crippen molar-refractivity contribution in [1.82, 2.24) is 10.3 Å². The summed E-state index contributed by atoms with van der Waals surface area (Å²) >= 11 is 0. The number of carbonyl (C=O) groups is 1. The third-order valence-electron chi connectivity index (χ3n) is 4.26. The molecule has 1 N–H and O–H groups in total. The Morgan fingerprint density at radius 2 is 2.00 bits per heavy atom. The molecule has 0 aromatic carbocycles. The zero-order valence-electron chi connectivity index (χ0n) is 12.1. The molecule has 0 saturated heterocycles. The molecule has 4 heteroatoms. The highest BCUT2D eigenvalue weighted by Gasteiger charge is 2.41. The molecule has 1 fully saturated rings. The third-order valence-corrected chi connectivity index (χ3v) is 4.26. The van der Waals surface area contributed by atoms with Crippen LogP contribution in [0.3, 0.4) is 0 Å². The van der Waals surface area contributed by atoms with Crippen LogP contribution in [-0.4, -0.2) is 17.4 Å². The van der Waals surface area contributed by atoms with E-state index in [4.69, 9.17) is 0 Å². The molecule has 0 unspecified atom stereocenters. The lowest BCUT2D eigenvalue weighted by Crippen LogP contribution is -2.43. The van der Waals surface area contributed by atoms with Gasteiger partial charge < -0.3 is 5.32 Å². The van der Waals surface area contributed by atoms with Crippen molar-refractivity contribution in [2.75, 3.05) is 6.54 Å². The normalized spacial score (nSPS) is 17.4. The average molecular weight is 271 g/mol. The summed E-state index contributed by atoms with van der Waals surface area (Å²) in [5, 5.41) is 12.3. The summed E-state index contributed by atoms with van der Waals surface area (Å²) in [5.74, 6) is -0.111. The predicted octanol–water partition coefficient (Wildman–Crippen LogP) is 2.56. The molecule has 1 amide bonds. The van der Waals surface area contributed by atoms with E-state index < -0.39 is 5.41 Å². The Balaban J connectivity index is 2.02. The van der Waals surface area contributed by atoms with Crippen LogP contribution in [-0.2, 0) is 10.2 Å². The van der Waals surface area contributed by atoms with Crippen LogP contribution in [0.2, 0.25) is 0 Å². The fourth-order valence-electron chi connectivity index (χ4n) is 2.74. The van der Waals surface area contributed by atoms with Gasteiger partial charge in [-0.1, -0.05) is 26.7 Å². The Labute approximate surface area is 120 Å². The van der Waals surface area contributed by atoms with Crippen LogP contribution in [0.5, 0.6) is 0 Å². The molecular formula is C16H21N3O. The highest BCUT2D eigenvalue weighted by atomic mass is 16.2. The van der Waals surface area contributed by atoms with E-state index in [1.54, 1.807) is 12.4 Å². The van der Waals surface area contributed by atoms with E-state index >= 15 is 0 Å². The summed E-state index contributed by atoms with van der Waals surface area (Å²) in [6, 6.07) is 6.15. The first-order chi connectivity index (χ1) is 9.50. The molecule has 1 aromatic rings. The Morgan fingerprint density at radius 3 is 2.55 bits per heavy atom. The molecule has 106 valence electrons. The van der Waals surface area contributed by atoms with Crippen LogP contribution in [0, 0.1) is 16.7 Å². The Hall–Kier alpha value is -1.89. The van der Waals surface area contributed by atoms with Crippen LogP contribution in [0.4, 0.5) is 0 Å². The number of nitrogens with one attached hydrogen (secondary N) is 1. The first-order valence-electron chi connectivity index (χ1n) is 7.10. The van der Waals surface area contributed by atoms with Crippen molar-refractivity contribution in [3.63, 3.8) is 0 Å². The van der Waals surface area contributed by atoms with Gasteiger partial charge in [-0.3, -0.25) is 9.78 Å². The van der Waals surface area contributed by atoms with Crippen LogP contribution < -0.4 is 5.32 Å². The maximum Gasteiger partial charge on any atom is 0.240 e. The summed E-state index contributed by atoms with van der Waals surface area (Å²) in [6.45, 7) is 4.69. The first kappa shape index (κ1) is 14.5. The van der Waals surface area contributed by atoms with E-state index in [1.165, 1.54) is 0 Å². The van der Waals surface area contributed by atoms with Crippen molar-refractivity contribution in [1.29, 1.82) is 5.26 Å². The van der Waals surface area contributed by atoms with E-state index in [-0.39, 0.29) is 11.3 Å². The van der Waals surface area contributed by atoms with Crippen molar-refractivity contribution in [3.8, 4) is 6.07 Å². The van der Waals surface area contributed by atoms with Gasteiger partial charge in [-0.15, -0.1) is 0 Å². The lowest BCUT2D eigenvalue weighted by molar-refractivity contribution is -0.128. The molecular weight excluding hydrogens is 250 g/mol. The summed E-state index contributed by atoms with van der Waals surface area (Å²) < 4.78 is 0. The Morgan fingerprint density at radius 1 is 1.40 bits per heavy atom. The van der Waals surface area contributed by atoms with E-state index in [1.807, 2.05) is 12.1 Å². The molecule has 0 radical (unpaired) electrons. The molecule has 0 spiro atoms. The van der Waals surface area contributed by atoms with Gasteiger partial charge in [0, 0.05) is 24.4 Å². The second-order valence-electron chi connectivity index (χ2n) is 6.20. The highest BCUT2D eigenvalue weighted by molar-refractivity contribution is 5.85. The second kappa shape index (κ2) is 5.62. The zero-order chi connectivity index (χ0) is 14.6. The number of amides is 1. The number of rotatable bonds is 4. The zero-order valence-corrected chi connectivity index (χ0v) is 12.1. The van der Waals surface area contributed by atoms with Gasteiger partial charge in [-0.05, 0) is 30.5 Å². The van der Waals surface area contributed by atoms with Crippen molar-refractivity contribution in [2.24, 2.45) is 5.41 Å². The summed E-state index contributed by atoms with van der Waals surface area (Å²) in [4.78, 5) is 16.3. The SMILES string of the molecule is CC(C)(CNC(=O)C1(C#N)CCCC1)c1ccncc1. The van der Waals surface area contributed by atoms with Gasteiger partial charge in [0.1, 0.15) is 5.41 Å². The lowest BCUT2D eigenvalue weighted by Gasteiger charge is -2.28. The van der Waals surface area contributed by atoms with E-state index in [9.17, 15) is 10.1 Å². The molecule has 20 heavy (non-hydrogen) atoms. The predicted molar refractivity (Wildman–Crippen MR) is 76.8 cm³/mol. The van der Waals surface area contributed by atoms with Crippen molar-refractivity contribution < 1.29 is 4.79 Å². The van der Waals surface area contributed by atoms with Gasteiger partial charge in [0.15, 0.2) is 0 Å². The molecule has 0 atom stereocenters. The van der Waals surface area contributed by atoms with Crippen LogP contribution in [0.1, 0.15) is 45.1 Å². The average Bonchev–Trinajstić information content (AvgIpc) is 2.96. The molecule has 1 saturated carbocycles. The van der Waals surface area contributed by atoms with Crippen molar-refractivity contribution in [3.05, 3.63) is 30.1 Å². The quantitative estimate of drug-likeness (QED) is 0.915. The fraction of sp³-hybridized carbons (Fsp3) is 0.562. The Kier molecular flexibility index (Phi) is 4.08. The number of hydrogen-bond acceptors (Lipinski definition) is 3. The molecule has 0 bridgehead atoms. The Bertz CT molecular complexity index is 510. The number of nitrogens with zero attached hydrogens (tertiary/aromatic N) is 2. The van der Waals surface area contributed by atoms with Gasteiger partial charge >= 0.3 is 0 Å². The smallest absolute Gasteiger partial charge is 0.240 e. The number of nitriles is 1. The van der Waals surface area contributed by atoms with Crippen LogP contribution >= 0.6 is 0 Å². The van der Waals surface area contributed by atoms with E-state index in [0.29, 0.717) is 19.4 Å². The number of hydrogen-bond donors (Lipinski definition) is 1. The number of aromatic nitrogens is 1. The third kappa shape index (κ3) is 2.82. The minimum absolute atomic E-state index is 0.111. The molecule has 1 aliphatic carbocycles. The number of pyridine rings is 1. The summed E-state index contributed by atoms with van der Waals surface area (Å²) in [6.07, 6.45) is 6.82. The van der Waals surface area contributed by atoms with E-state index in [0.717, 1.165) is 18.4 Å². The first-order valence-corrected chi connectivity index (χ1v) is 7.10. The van der Waals surface area contributed by atoms with Crippen LogP contribution in [0.15, 0.2) is 24.5 Å². The van der Waals surface area contributed by atoms with Crippen molar-refractivity contribution >= 4 is 5.91 Å². The van der Waals surface area contributed by atoms with Gasteiger partial charge in [0.2, 0.25) is 5.91 Å². The minimum atomic E-state index is -0.797. The molecule has 1 heterocycles. The maximum absolute atomic E-state index is 12.3. The largest absolute Gasteiger partial charge is 0.354 e. The monoisotopic (exact) mass is 271 g/mol. The standard InChI is InChI=1S/C16H21N3O/c1-15(2,13-5-9-18-10-6-13)12-19-14(20)16(11-17)7-3-4-8-16/h5-6,9-10H,3-4,7-8,12H2,1-2H3,(H,19,20). The van der Waals surface area contributed by atoms with Crippen LogP contribution in [0.25, 0.3) is 0 Å². The molecule has 1 aliphatic rings. The maximum atomic E-state index is 12.3. The van der Waals surface area contributed by atoms with Gasteiger partial charge in [-0.2, -0.15) is 5.26 Å². The molecule has 4 nitrogen and oxygen atoms in total. The fourth-order valence-corrected chi connectivity index (χ4v) is 2.74. The summed E-state index contributed by atoms with van der Waals surface area (Å²) in [7, 11) is 0. The second-order valence-corrected chi connectivity index (χ2v) is 6.20. The summed E-state index contributed by atoms with van der Waals surface area (Å²) in [5.41, 5.74) is 0.160. The molecule has 1 aromatic heterocycles. The lowest BCUT2D eigenvalue weighted by atomic mass is 9.83. The van der Waals surface area contributed by atoms with Gasteiger partial charge in [0.05, 0.1) is 6.07 Å². The van der Waals surface area contributed by atoms with Gasteiger partial charge in [0.25, 0.3) is 0 Å². The minimum Gasteiger partial charge on any atom is -0.354 e. The highest BCUT2D eigenvalue weighted by Crippen LogP contribution is 2.37. The van der Waals surface area contributed by atoms with Gasteiger partial charge in [-0.25, -0.2) is 0 Å². The number of carbonyl (C=O) groups excluding carboxylic acids is 1. The van der Waals surface area contributed by atoms with Crippen molar-refractivity contribution in [2.45, 2.75) is 44.9 Å². The topological polar surface area (TPSA) is 65.8 Å². The van der Waals surface area contributed by atoms with E-state index in [2.05, 4.69) is 30.2 Å². The molecule has 0 aliphatic heterocycles. The molecule has 2 rings (SSSR count).